The van der Waals surface area contributed by atoms with Crippen LogP contribution in [0.15, 0.2) is 77.3 Å². The van der Waals surface area contributed by atoms with Crippen LogP contribution in [0.3, 0.4) is 0 Å². The van der Waals surface area contributed by atoms with Crippen molar-refractivity contribution in [1.29, 1.82) is 0 Å². The Morgan fingerprint density at radius 1 is 1.06 bits per heavy atom. The van der Waals surface area contributed by atoms with E-state index in [1.165, 1.54) is 0 Å². The first-order valence-electron chi connectivity index (χ1n) is 9.50. The van der Waals surface area contributed by atoms with Crippen LogP contribution in [0, 0.1) is 3.57 Å². The van der Waals surface area contributed by atoms with Gasteiger partial charge >= 0.3 is 6.09 Å². The lowest BCUT2D eigenvalue weighted by molar-refractivity contribution is 0.00796. The normalized spacial score (nSPS) is 12.6. The number of aromatic hydroxyl groups is 1. The van der Waals surface area contributed by atoms with Crippen LogP contribution in [0.1, 0.15) is 18.1 Å². The van der Waals surface area contributed by atoms with Gasteiger partial charge in [-0.15, -0.1) is 0 Å². The second kappa shape index (κ2) is 11.4. The number of benzene rings is 3. The van der Waals surface area contributed by atoms with Gasteiger partial charge in [0, 0.05) is 32.3 Å². The molecule has 2 atom stereocenters. The molecule has 0 heterocycles. The summed E-state index contributed by atoms with van der Waals surface area (Å²) in [6, 6.07) is 21.1. The summed E-state index contributed by atoms with van der Waals surface area (Å²) in [5.74, 6) is 0.537. The molecule has 0 radical (unpaired) electrons. The molecule has 0 saturated carbocycles. The molecular formula is C23H21BrINO5. The monoisotopic (exact) mass is 597 g/mol. The van der Waals surface area contributed by atoms with Crippen LogP contribution in [0.5, 0.6) is 11.5 Å². The highest BCUT2D eigenvalue weighted by Crippen LogP contribution is 2.34. The second-order valence-corrected chi connectivity index (χ2v) is 8.80. The maximum atomic E-state index is 12.7. The van der Waals surface area contributed by atoms with E-state index in [1.807, 2.05) is 18.2 Å². The molecule has 8 heteroatoms. The van der Waals surface area contributed by atoms with Gasteiger partial charge in [-0.2, -0.15) is 0 Å². The summed E-state index contributed by atoms with van der Waals surface area (Å²) in [5.41, 5.74) is 0.953. The molecule has 3 N–H and O–H groups in total. The lowest BCUT2D eigenvalue weighted by Gasteiger charge is -2.28. The van der Waals surface area contributed by atoms with E-state index in [9.17, 15) is 15.0 Å². The number of phenols is 1. The highest BCUT2D eigenvalue weighted by molar-refractivity contribution is 14.1. The number of hydrogen-bond acceptors (Lipinski definition) is 5. The first-order chi connectivity index (χ1) is 15.0. The lowest BCUT2D eigenvalue weighted by Crippen LogP contribution is -2.32. The fourth-order valence-corrected chi connectivity index (χ4v) is 3.74. The Labute approximate surface area is 202 Å². The fraction of sp³-hybridized carbons (Fsp3) is 0.174. The number of carbonyl (C=O) groups is 1. The van der Waals surface area contributed by atoms with Crippen LogP contribution in [-0.2, 0) is 4.74 Å². The third kappa shape index (κ3) is 6.84. The Kier molecular flexibility index (Phi) is 8.56. The van der Waals surface area contributed by atoms with Crippen LogP contribution in [-0.4, -0.2) is 29.0 Å². The Morgan fingerprint density at radius 2 is 1.77 bits per heavy atom. The van der Waals surface area contributed by atoms with Gasteiger partial charge < -0.3 is 19.7 Å². The molecule has 0 aliphatic rings. The molecule has 0 spiro atoms. The number of para-hydroxylation sites is 1. The molecule has 31 heavy (non-hydrogen) atoms. The molecule has 0 aliphatic heterocycles. The van der Waals surface area contributed by atoms with Crippen LogP contribution in [0.25, 0.3) is 0 Å². The summed E-state index contributed by atoms with van der Waals surface area (Å²) in [4.78, 5) is 12.7. The second-order valence-electron chi connectivity index (χ2n) is 6.64. The van der Waals surface area contributed by atoms with E-state index in [0.29, 0.717) is 17.0 Å². The van der Waals surface area contributed by atoms with E-state index >= 15 is 0 Å². The molecule has 3 rings (SSSR count). The number of ether oxygens (including phenoxy) is 2. The summed E-state index contributed by atoms with van der Waals surface area (Å²) < 4.78 is 13.5. The summed E-state index contributed by atoms with van der Waals surface area (Å²) in [6.45, 7) is -0.184. The Hall–Kier alpha value is -2.30. The SMILES string of the molecule is O=C(Nc1ccc(Br)cc1)O[C@H](c1cc(I)ccc1O)[C@@H](CCO)Oc1ccccc1. The van der Waals surface area contributed by atoms with Gasteiger partial charge in [-0.1, -0.05) is 34.1 Å². The highest BCUT2D eigenvalue weighted by atomic mass is 127. The van der Waals surface area contributed by atoms with Crippen molar-refractivity contribution >= 4 is 50.3 Å². The number of rotatable bonds is 8. The minimum atomic E-state index is -0.961. The molecule has 3 aromatic carbocycles. The topological polar surface area (TPSA) is 88.0 Å². The molecule has 3 aromatic rings. The first-order valence-corrected chi connectivity index (χ1v) is 11.4. The fourth-order valence-electron chi connectivity index (χ4n) is 2.96. The van der Waals surface area contributed by atoms with Gasteiger partial charge in [0.25, 0.3) is 0 Å². The standard InChI is InChI=1S/C23H21BrINO5/c24-15-6-9-17(10-7-15)26-23(29)31-22(19-14-16(25)8-11-20(19)28)21(12-13-27)30-18-4-2-1-3-5-18/h1-11,14,21-22,27-28H,12-13H2,(H,26,29)/t21-,22-/m1/s1. The van der Waals surface area contributed by atoms with Gasteiger partial charge in [0.15, 0.2) is 6.10 Å². The number of amides is 1. The molecule has 6 nitrogen and oxygen atoms in total. The minimum absolute atomic E-state index is 0.0264. The molecule has 1 amide bonds. The Balaban J connectivity index is 1.89. The maximum absolute atomic E-state index is 12.7. The zero-order chi connectivity index (χ0) is 22.2. The molecular weight excluding hydrogens is 577 g/mol. The van der Waals surface area contributed by atoms with Crippen molar-refractivity contribution in [2.45, 2.75) is 18.6 Å². The lowest BCUT2D eigenvalue weighted by atomic mass is 10.0. The van der Waals surface area contributed by atoms with Crippen LogP contribution < -0.4 is 10.1 Å². The van der Waals surface area contributed by atoms with Crippen molar-refractivity contribution in [2.24, 2.45) is 0 Å². The quantitative estimate of drug-likeness (QED) is 0.282. The summed E-state index contributed by atoms with van der Waals surface area (Å²) in [5, 5.41) is 22.8. The number of aliphatic hydroxyl groups excluding tert-OH is 1. The Morgan fingerprint density at radius 3 is 2.45 bits per heavy atom. The van der Waals surface area contributed by atoms with Gasteiger partial charge in [0.1, 0.15) is 17.6 Å². The van der Waals surface area contributed by atoms with Crippen molar-refractivity contribution in [3.05, 3.63) is 86.4 Å². The van der Waals surface area contributed by atoms with Crippen LogP contribution in [0.2, 0.25) is 0 Å². The van der Waals surface area contributed by atoms with Gasteiger partial charge in [0.2, 0.25) is 0 Å². The molecule has 162 valence electrons. The molecule has 0 fully saturated rings. The number of phenolic OH excluding ortho intramolecular Hbond substituents is 1. The smallest absolute Gasteiger partial charge is 0.412 e. The molecule has 0 bridgehead atoms. The van der Waals surface area contributed by atoms with Crippen molar-refractivity contribution < 1.29 is 24.5 Å². The Bertz CT molecular complexity index is 1000. The third-order valence-corrected chi connectivity index (χ3v) is 5.60. The van der Waals surface area contributed by atoms with E-state index in [0.717, 1.165) is 8.04 Å². The van der Waals surface area contributed by atoms with E-state index in [2.05, 4.69) is 43.8 Å². The predicted octanol–water partition coefficient (Wildman–Crippen LogP) is 5.88. The van der Waals surface area contributed by atoms with Gasteiger partial charge in [-0.05, 0) is 77.2 Å². The van der Waals surface area contributed by atoms with E-state index in [-0.39, 0.29) is 18.8 Å². The zero-order valence-electron chi connectivity index (χ0n) is 16.4. The average Bonchev–Trinajstić information content (AvgIpc) is 2.76. The zero-order valence-corrected chi connectivity index (χ0v) is 20.1. The van der Waals surface area contributed by atoms with Crippen molar-refractivity contribution in [2.75, 3.05) is 11.9 Å². The predicted molar refractivity (Wildman–Crippen MR) is 130 cm³/mol. The van der Waals surface area contributed by atoms with Crippen molar-refractivity contribution in [3.8, 4) is 11.5 Å². The number of halogens is 2. The summed E-state index contributed by atoms with van der Waals surface area (Å²) >= 11 is 5.47. The van der Waals surface area contributed by atoms with E-state index in [4.69, 9.17) is 9.47 Å². The molecule has 0 unspecified atom stereocenters. The minimum Gasteiger partial charge on any atom is -0.508 e. The van der Waals surface area contributed by atoms with Gasteiger partial charge in [-0.3, -0.25) is 5.32 Å². The first kappa shape index (κ1) is 23.4. The number of carbonyl (C=O) groups excluding carboxylic acids is 1. The maximum Gasteiger partial charge on any atom is 0.412 e. The molecule has 0 saturated heterocycles. The molecule has 0 aromatic heterocycles. The van der Waals surface area contributed by atoms with Crippen molar-refractivity contribution in [3.63, 3.8) is 0 Å². The van der Waals surface area contributed by atoms with Crippen LogP contribution >= 0.6 is 38.5 Å². The number of hydrogen-bond donors (Lipinski definition) is 3. The largest absolute Gasteiger partial charge is 0.508 e. The number of aliphatic hydroxyl groups is 1. The van der Waals surface area contributed by atoms with Gasteiger partial charge in [-0.25, -0.2) is 4.79 Å². The van der Waals surface area contributed by atoms with E-state index < -0.39 is 18.3 Å². The summed E-state index contributed by atoms with van der Waals surface area (Å²) in [7, 11) is 0. The van der Waals surface area contributed by atoms with Crippen LogP contribution in [0.4, 0.5) is 10.5 Å². The summed E-state index contributed by atoms with van der Waals surface area (Å²) in [6.07, 6.45) is -2.20. The highest BCUT2D eigenvalue weighted by Gasteiger charge is 2.31. The van der Waals surface area contributed by atoms with Gasteiger partial charge in [0.05, 0.1) is 0 Å². The average molecular weight is 598 g/mol. The number of nitrogens with one attached hydrogen (secondary N) is 1. The third-order valence-electron chi connectivity index (χ3n) is 4.40. The van der Waals surface area contributed by atoms with Crippen molar-refractivity contribution in [1.82, 2.24) is 0 Å². The van der Waals surface area contributed by atoms with E-state index in [1.54, 1.807) is 54.6 Å². The molecule has 0 aliphatic carbocycles. The number of anilines is 1.